The summed E-state index contributed by atoms with van der Waals surface area (Å²) in [4.78, 5) is 21.9. The van der Waals surface area contributed by atoms with Crippen LogP contribution in [0.2, 0.25) is 0 Å². The zero-order valence-corrected chi connectivity index (χ0v) is 11.7. The van der Waals surface area contributed by atoms with Gasteiger partial charge in [0.25, 0.3) is 10.0 Å². The van der Waals surface area contributed by atoms with Gasteiger partial charge in [-0.05, 0) is 17.9 Å². The Labute approximate surface area is 114 Å². The molecule has 0 amide bonds. The Morgan fingerprint density at radius 1 is 1.53 bits per heavy atom. The highest BCUT2D eigenvalue weighted by molar-refractivity contribution is 7.91. The lowest BCUT2D eigenvalue weighted by atomic mass is 10.2. The van der Waals surface area contributed by atoms with E-state index in [0.717, 1.165) is 11.3 Å². The summed E-state index contributed by atoms with van der Waals surface area (Å²) in [5.74, 6) is -1.94. The first-order valence-electron chi connectivity index (χ1n) is 5.22. The van der Waals surface area contributed by atoms with Crippen LogP contribution in [0.1, 0.15) is 12.8 Å². The quantitative estimate of drug-likeness (QED) is 0.707. The summed E-state index contributed by atoms with van der Waals surface area (Å²) < 4.78 is 30.1. The number of carboxylic acid groups (broad SMARTS) is 1. The Balaban J connectivity index is 2.74. The first-order valence-corrected chi connectivity index (χ1v) is 7.58. The molecule has 2 N–H and O–H groups in total. The van der Waals surface area contributed by atoms with Gasteiger partial charge in [-0.3, -0.25) is 9.59 Å². The maximum absolute atomic E-state index is 11.8. The summed E-state index contributed by atoms with van der Waals surface area (Å²) in [5.41, 5.74) is 0. The first kappa shape index (κ1) is 15.6. The van der Waals surface area contributed by atoms with Gasteiger partial charge in [-0.1, -0.05) is 6.07 Å². The minimum Gasteiger partial charge on any atom is -0.480 e. The Bertz CT molecular complexity index is 536. The standard InChI is InChI=1S/C10H13NO6S2/c1-17-8(12)5-4-7(10(13)14)11-19(15,16)9-3-2-6-18-9/h2-3,6-7,11H,4-5H2,1H3,(H,13,14)/t7-/m1/s1. The number of carbonyl (C=O) groups excluding carboxylic acids is 1. The number of carbonyl (C=O) groups is 2. The number of hydrogen-bond acceptors (Lipinski definition) is 6. The van der Waals surface area contributed by atoms with Crippen molar-refractivity contribution >= 4 is 33.3 Å². The van der Waals surface area contributed by atoms with Crippen LogP contribution in [0.25, 0.3) is 0 Å². The smallest absolute Gasteiger partial charge is 0.321 e. The first-order chi connectivity index (χ1) is 8.86. The number of ether oxygens (including phenoxy) is 1. The van der Waals surface area contributed by atoms with Crippen molar-refractivity contribution in [2.24, 2.45) is 0 Å². The molecule has 9 heteroatoms. The van der Waals surface area contributed by atoms with Gasteiger partial charge in [0.2, 0.25) is 0 Å². The van der Waals surface area contributed by atoms with Crippen molar-refractivity contribution in [3.63, 3.8) is 0 Å². The minimum atomic E-state index is -3.88. The van der Waals surface area contributed by atoms with E-state index in [-0.39, 0.29) is 17.1 Å². The van der Waals surface area contributed by atoms with E-state index in [4.69, 9.17) is 5.11 Å². The molecular formula is C10H13NO6S2. The second-order valence-corrected chi connectivity index (χ2v) is 6.45. The molecule has 1 atom stereocenters. The molecule has 0 saturated carbocycles. The number of nitrogens with one attached hydrogen (secondary N) is 1. The molecule has 0 unspecified atom stereocenters. The average molecular weight is 307 g/mol. The molecule has 0 bridgehead atoms. The molecule has 0 fully saturated rings. The van der Waals surface area contributed by atoms with Gasteiger partial charge in [0.15, 0.2) is 0 Å². The van der Waals surface area contributed by atoms with Crippen LogP contribution >= 0.6 is 11.3 Å². The highest BCUT2D eigenvalue weighted by Gasteiger charge is 2.26. The lowest BCUT2D eigenvalue weighted by Gasteiger charge is -2.13. The van der Waals surface area contributed by atoms with E-state index in [1.807, 2.05) is 4.72 Å². The van der Waals surface area contributed by atoms with E-state index in [1.165, 1.54) is 13.2 Å². The molecule has 0 saturated heterocycles. The Hall–Kier alpha value is -1.45. The van der Waals surface area contributed by atoms with E-state index in [9.17, 15) is 18.0 Å². The third-order valence-electron chi connectivity index (χ3n) is 2.22. The largest absolute Gasteiger partial charge is 0.480 e. The summed E-state index contributed by atoms with van der Waals surface area (Å²) in [6, 6.07) is 1.54. The van der Waals surface area contributed by atoms with Gasteiger partial charge in [0, 0.05) is 6.42 Å². The van der Waals surface area contributed by atoms with Crippen LogP contribution in [0.4, 0.5) is 0 Å². The van der Waals surface area contributed by atoms with E-state index < -0.39 is 28.0 Å². The molecule has 0 aliphatic heterocycles. The van der Waals surface area contributed by atoms with Crippen molar-refractivity contribution in [3.8, 4) is 0 Å². The number of thiophene rings is 1. The van der Waals surface area contributed by atoms with Gasteiger partial charge in [0.05, 0.1) is 7.11 Å². The molecule has 0 radical (unpaired) electrons. The molecule has 19 heavy (non-hydrogen) atoms. The summed E-state index contributed by atoms with van der Waals surface area (Å²) in [6.45, 7) is 0. The van der Waals surface area contributed by atoms with Crippen LogP contribution in [0.5, 0.6) is 0 Å². The number of carboxylic acids is 1. The van der Waals surface area contributed by atoms with Crippen molar-refractivity contribution < 1.29 is 27.9 Å². The maximum atomic E-state index is 11.8. The Morgan fingerprint density at radius 2 is 2.21 bits per heavy atom. The van der Waals surface area contributed by atoms with Crippen LogP contribution < -0.4 is 4.72 Å². The van der Waals surface area contributed by atoms with Crippen molar-refractivity contribution in [1.82, 2.24) is 4.72 Å². The molecule has 1 heterocycles. The Morgan fingerprint density at radius 3 is 2.68 bits per heavy atom. The SMILES string of the molecule is COC(=O)CC[C@@H](NS(=O)(=O)c1cccs1)C(=O)O. The molecule has 0 aliphatic rings. The van der Waals surface area contributed by atoms with Crippen molar-refractivity contribution in [2.45, 2.75) is 23.1 Å². The number of aliphatic carboxylic acids is 1. The van der Waals surface area contributed by atoms with E-state index in [0.29, 0.717) is 0 Å². The molecule has 0 aromatic carbocycles. The molecule has 0 spiro atoms. The molecule has 106 valence electrons. The van der Waals surface area contributed by atoms with Crippen LogP contribution in [0.3, 0.4) is 0 Å². The summed E-state index contributed by atoms with van der Waals surface area (Å²) in [5, 5.41) is 10.5. The maximum Gasteiger partial charge on any atom is 0.321 e. The van der Waals surface area contributed by atoms with Crippen molar-refractivity contribution in [1.29, 1.82) is 0 Å². The lowest BCUT2D eigenvalue weighted by molar-refractivity contribution is -0.142. The van der Waals surface area contributed by atoms with Crippen LogP contribution in [-0.4, -0.2) is 38.6 Å². The van der Waals surface area contributed by atoms with E-state index >= 15 is 0 Å². The topological polar surface area (TPSA) is 110 Å². The average Bonchev–Trinajstić information content (AvgIpc) is 2.88. The molecule has 7 nitrogen and oxygen atoms in total. The predicted molar refractivity (Wildman–Crippen MR) is 67.3 cm³/mol. The number of sulfonamides is 1. The molecule has 0 aliphatic carbocycles. The fourth-order valence-electron chi connectivity index (χ4n) is 1.26. The van der Waals surface area contributed by atoms with Gasteiger partial charge >= 0.3 is 11.9 Å². The van der Waals surface area contributed by atoms with E-state index in [1.54, 1.807) is 11.4 Å². The number of rotatable bonds is 7. The predicted octanol–water partition coefficient (Wildman–Crippen LogP) is 0.433. The van der Waals surface area contributed by atoms with Crippen LogP contribution in [0.15, 0.2) is 21.7 Å². The monoisotopic (exact) mass is 307 g/mol. The van der Waals surface area contributed by atoms with Gasteiger partial charge in [-0.25, -0.2) is 8.42 Å². The zero-order chi connectivity index (χ0) is 14.5. The zero-order valence-electron chi connectivity index (χ0n) is 10.0. The van der Waals surface area contributed by atoms with Crippen molar-refractivity contribution in [2.75, 3.05) is 7.11 Å². The lowest BCUT2D eigenvalue weighted by Crippen LogP contribution is -2.40. The second kappa shape index (κ2) is 6.64. The molecular weight excluding hydrogens is 294 g/mol. The van der Waals surface area contributed by atoms with Gasteiger partial charge < -0.3 is 9.84 Å². The number of esters is 1. The molecule has 1 aromatic heterocycles. The van der Waals surface area contributed by atoms with Crippen LogP contribution in [0, 0.1) is 0 Å². The summed E-state index contributed by atoms with van der Waals surface area (Å²) in [7, 11) is -2.71. The van der Waals surface area contributed by atoms with Crippen molar-refractivity contribution in [3.05, 3.63) is 17.5 Å². The summed E-state index contributed by atoms with van der Waals surface area (Å²) >= 11 is 0.977. The molecule has 1 aromatic rings. The third-order valence-corrected chi connectivity index (χ3v) is 5.09. The normalized spacial score (nSPS) is 12.9. The van der Waals surface area contributed by atoms with Gasteiger partial charge in [0.1, 0.15) is 10.3 Å². The number of hydrogen-bond donors (Lipinski definition) is 2. The fraction of sp³-hybridized carbons (Fsp3) is 0.400. The highest BCUT2D eigenvalue weighted by Crippen LogP contribution is 2.16. The number of methoxy groups -OCH3 is 1. The Kier molecular flexibility index (Phi) is 5.45. The van der Waals surface area contributed by atoms with Crippen LogP contribution in [-0.2, 0) is 24.3 Å². The molecule has 1 rings (SSSR count). The van der Waals surface area contributed by atoms with Gasteiger partial charge in [-0.15, -0.1) is 11.3 Å². The second-order valence-electron chi connectivity index (χ2n) is 3.56. The summed E-state index contributed by atoms with van der Waals surface area (Å²) in [6.07, 6.45) is -0.354. The fourth-order valence-corrected chi connectivity index (χ4v) is 3.49. The highest BCUT2D eigenvalue weighted by atomic mass is 32.2. The van der Waals surface area contributed by atoms with E-state index in [2.05, 4.69) is 4.74 Å². The minimum absolute atomic E-state index is 0.0248. The third kappa shape index (κ3) is 4.62. The van der Waals surface area contributed by atoms with Gasteiger partial charge in [-0.2, -0.15) is 4.72 Å².